The zero-order valence-electron chi connectivity index (χ0n) is 8.70. The van der Waals surface area contributed by atoms with Crippen molar-refractivity contribution in [3.8, 4) is 0 Å². The molecule has 1 amide bonds. The van der Waals surface area contributed by atoms with E-state index in [-0.39, 0.29) is 0 Å². The molecule has 1 aliphatic heterocycles. The van der Waals surface area contributed by atoms with Gasteiger partial charge in [-0.1, -0.05) is 0 Å². The van der Waals surface area contributed by atoms with E-state index in [9.17, 15) is 13.6 Å². The Morgan fingerprint density at radius 2 is 1.56 bits per heavy atom. The van der Waals surface area contributed by atoms with Gasteiger partial charge >= 0.3 is 0 Å². The van der Waals surface area contributed by atoms with Gasteiger partial charge in [-0.3, -0.25) is 4.79 Å². The first-order chi connectivity index (χ1) is 7.69. The highest BCUT2D eigenvalue weighted by atomic mass is 19.1. The molecule has 1 aromatic rings. The minimum atomic E-state index is -0.576. The van der Waals surface area contributed by atoms with E-state index in [1.165, 1.54) is 12.1 Å². The maximum atomic E-state index is 13.0. The Bertz CT molecular complexity index is 369. The lowest BCUT2D eigenvalue weighted by Crippen LogP contribution is -2.45. The summed E-state index contributed by atoms with van der Waals surface area (Å²) >= 11 is 0. The summed E-state index contributed by atoms with van der Waals surface area (Å²) < 4.78 is 26.0. The van der Waals surface area contributed by atoms with Crippen LogP contribution in [0.5, 0.6) is 0 Å². The Labute approximate surface area is 92.3 Å². The molecule has 1 saturated heterocycles. The van der Waals surface area contributed by atoms with Crippen molar-refractivity contribution in [1.82, 2.24) is 4.90 Å². The SMILES string of the molecule is O=CN1CCN(c2cc(F)cc(F)c2)CC1. The minimum Gasteiger partial charge on any atom is -0.368 e. The smallest absolute Gasteiger partial charge is 0.209 e. The highest BCUT2D eigenvalue weighted by molar-refractivity contribution is 5.51. The molecule has 0 spiro atoms. The first kappa shape index (κ1) is 10.9. The number of carbonyl (C=O) groups is 1. The molecule has 1 fully saturated rings. The fourth-order valence-electron chi connectivity index (χ4n) is 1.81. The lowest BCUT2D eigenvalue weighted by Gasteiger charge is -2.34. The van der Waals surface area contributed by atoms with Crippen LogP contribution in [-0.2, 0) is 4.79 Å². The van der Waals surface area contributed by atoms with Crippen LogP contribution in [0, 0.1) is 11.6 Å². The molecule has 0 aliphatic carbocycles. The predicted molar refractivity (Wildman–Crippen MR) is 56.2 cm³/mol. The number of carbonyl (C=O) groups excluding carboxylic acids is 1. The van der Waals surface area contributed by atoms with Gasteiger partial charge in [-0.2, -0.15) is 0 Å². The summed E-state index contributed by atoms with van der Waals surface area (Å²) in [5, 5.41) is 0. The van der Waals surface area contributed by atoms with Gasteiger partial charge in [-0.25, -0.2) is 8.78 Å². The maximum Gasteiger partial charge on any atom is 0.209 e. The van der Waals surface area contributed by atoms with Crippen LogP contribution >= 0.6 is 0 Å². The molecule has 3 nitrogen and oxygen atoms in total. The lowest BCUT2D eigenvalue weighted by molar-refractivity contribution is -0.118. The summed E-state index contributed by atoms with van der Waals surface area (Å²) in [6, 6.07) is 3.46. The van der Waals surface area contributed by atoms with E-state index in [1.54, 1.807) is 4.90 Å². The third kappa shape index (κ3) is 2.29. The minimum absolute atomic E-state index is 0.531. The van der Waals surface area contributed by atoms with Gasteiger partial charge in [0.2, 0.25) is 6.41 Å². The molecule has 16 heavy (non-hydrogen) atoms. The van der Waals surface area contributed by atoms with E-state index in [0.717, 1.165) is 12.5 Å². The summed E-state index contributed by atoms with van der Waals surface area (Å²) in [4.78, 5) is 14.0. The molecule has 5 heteroatoms. The molecule has 86 valence electrons. The number of hydrogen-bond acceptors (Lipinski definition) is 2. The molecule has 0 bridgehead atoms. The van der Waals surface area contributed by atoms with E-state index in [0.29, 0.717) is 31.9 Å². The molecule has 0 unspecified atom stereocenters. The molecule has 0 aromatic heterocycles. The van der Waals surface area contributed by atoms with Crippen LogP contribution in [0.3, 0.4) is 0 Å². The summed E-state index contributed by atoms with van der Waals surface area (Å²) in [6.45, 7) is 2.37. The average Bonchev–Trinajstić information content (AvgIpc) is 2.28. The average molecular weight is 226 g/mol. The number of anilines is 1. The van der Waals surface area contributed by atoms with Crippen molar-refractivity contribution in [2.75, 3.05) is 31.1 Å². The molecule has 0 atom stereocenters. The fourth-order valence-corrected chi connectivity index (χ4v) is 1.81. The zero-order chi connectivity index (χ0) is 11.5. The van der Waals surface area contributed by atoms with E-state index in [1.807, 2.05) is 4.90 Å². The standard InChI is InChI=1S/C11H12F2N2O/c12-9-5-10(13)7-11(6-9)15-3-1-14(8-16)2-4-15/h5-8H,1-4H2. The second kappa shape index (κ2) is 4.47. The predicted octanol–water partition coefficient (Wildman–Crippen LogP) is 1.24. The first-order valence-corrected chi connectivity index (χ1v) is 5.09. The van der Waals surface area contributed by atoms with E-state index >= 15 is 0 Å². The van der Waals surface area contributed by atoms with E-state index in [2.05, 4.69) is 0 Å². The van der Waals surface area contributed by atoms with Crippen molar-refractivity contribution in [2.24, 2.45) is 0 Å². The third-order valence-corrected chi connectivity index (χ3v) is 2.68. The molecule has 1 aromatic carbocycles. The third-order valence-electron chi connectivity index (χ3n) is 2.68. The van der Waals surface area contributed by atoms with Crippen molar-refractivity contribution in [3.05, 3.63) is 29.8 Å². The van der Waals surface area contributed by atoms with Crippen LogP contribution in [0.4, 0.5) is 14.5 Å². The second-order valence-electron chi connectivity index (χ2n) is 3.76. The van der Waals surface area contributed by atoms with Crippen molar-refractivity contribution in [1.29, 1.82) is 0 Å². The Morgan fingerprint density at radius 1 is 1.00 bits per heavy atom. The Balaban J connectivity index is 2.10. The topological polar surface area (TPSA) is 23.6 Å². The molecular weight excluding hydrogens is 214 g/mol. The van der Waals surface area contributed by atoms with E-state index in [4.69, 9.17) is 0 Å². The van der Waals surface area contributed by atoms with Gasteiger partial charge in [0, 0.05) is 37.9 Å². The molecule has 0 saturated carbocycles. The monoisotopic (exact) mass is 226 g/mol. The molecule has 0 radical (unpaired) electrons. The van der Waals surface area contributed by atoms with Crippen molar-refractivity contribution in [3.63, 3.8) is 0 Å². The highest BCUT2D eigenvalue weighted by Gasteiger charge is 2.16. The summed E-state index contributed by atoms with van der Waals surface area (Å²) in [5.74, 6) is -1.15. The van der Waals surface area contributed by atoms with Crippen LogP contribution in [-0.4, -0.2) is 37.5 Å². The van der Waals surface area contributed by atoms with Crippen molar-refractivity contribution in [2.45, 2.75) is 0 Å². The number of amides is 1. The number of benzene rings is 1. The van der Waals surface area contributed by atoms with Crippen LogP contribution in [0.25, 0.3) is 0 Å². The molecule has 0 N–H and O–H groups in total. The number of nitrogens with zero attached hydrogens (tertiary/aromatic N) is 2. The summed E-state index contributed by atoms with van der Waals surface area (Å²) in [7, 11) is 0. The van der Waals surface area contributed by atoms with Gasteiger partial charge in [0.1, 0.15) is 11.6 Å². The second-order valence-corrected chi connectivity index (χ2v) is 3.76. The first-order valence-electron chi connectivity index (χ1n) is 5.09. The van der Waals surface area contributed by atoms with Gasteiger partial charge in [0.05, 0.1) is 0 Å². The fraction of sp³-hybridized carbons (Fsp3) is 0.364. The number of rotatable bonds is 2. The molecular formula is C11H12F2N2O. The van der Waals surface area contributed by atoms with E-state index < -0.39 is 11.6 Å². The summed E-state index contributed by atoms with van der Waals surface area (Å²) in [6.07, 6.45) is 0.795. The maximum absolute atomic E-state index is 13.0. The molecule has 2 rings (SSSR count). The van der Waals surface area contributed by atoms with Crippen LogP contribution in [0.15, 0.2) is 18.2 Å². The number of piperazine rings is 1. The van der Waals surface area contributed by atoms with Gasteiger partial charge in [0.25, 0.3) is 0 Å². The number of hydrogen-bond donors (Lipinski definition) is 0. The lowest BCUT2D eigenvalue weighted by atomic mass is 10.2. The van der Waals surface area contributed by atoms with Gasteiger partial charge in [0.15, 0.2) is 0 Å². The zero-order valence-corrected chi connectivity index (χ0v) is 8.70. The van der Waals surface area contributed by atoms with Crippen LogP contribution in [0.1, 0.15) is 0 Å². The quantitative estimate of drug-likeness (QED) is 0.708. The molecule has 1 heterocycles. The highest BCUT2D eigenvalue weighted by Crippen LogP contribution is 2.19. The van der Waals surface area contributed by atoms with Crippen LogP contribution < -0.4 is 4.90 Å². The number of halogens is 2. The van der Waals surface area contributed by atoms with Crippen LogP contribution in [0.2, 0.25) is 0 Å². The van der Waals surface area contributed by atoms with Gasteiger partial charge in [-0.05, 0) is 12.1 Å². The molecule has 1 aliphatic rings. The Morgan fingerprint density at radius 3 is 2.06 bits per heavy atom. The van der Waals surface area contributed by atoms with Crippen molar-refractivity contribution < 1.29 is 13.6 Å². The normalized spacial score (nSPS) is 16.4. The van der Waals surface area contributed by atoms with Gasteiger partial charge < -0.3 is 9.80 Å². The Hall–Kier alpha value is -1.65. The van der Waals surface area contributed by atoms with Crippen molar-refractivity contribution >= 4 is 12.1 Å². The largest absolute Gasteiger partial charge is 0.368 e. The summed E-state index contributed by atoms with van der Waals surface area (Å²) in [5.41, 5.74) is 0.531. The Kier molecular flexibility index (Phi) is 3.03. The van der Waals surface area contributed by atoms with Gasteiger partial charge in [-0.15, -0.1) is 0 Å².